The summed E-state index contributed by atoms with van der Waals surface area (Å²) < 4.78 is 5.19. The summed E-state index contributed by atoms with van der Waals surface area (Å²) in [5.41, 5.74) is 2.01. The standard InChI is InChI=1S/C17H27N3O3/c1-11-9-13(15(21)18-6)7-8-14(11)20-12(2)10-19-16(22)23-17(3,4)5/h7-9,12,20H,10H2,1-6H3,(H,18,21)(H,19,22). The Kier molecular flexibility index (Phi) is 6.42. The zero-order valence-corrected chi connectivity index (χ0v) is 14.7. The Morgan fingerprint density at radius 1 is 1.26 bits per heavy atom. The number of hydrogen-bond acceptors (Lipinski definition) is 4. The average Bonchev–Trinajstić information content (AvgIpc) is 2.44. The molecule has 23 heavy (non-hydrogen) atoms. The minimum atomic E-state index is -0.507. The highest BCUT2D eigenvalue weighted by Crippen LogP contribution is 2.17. The predicted octanol–water partition coefficient (Wildman–Crippen LogP) is 2.68. The van der Waals surface area contributed by atoms with Crippen LogP contribution in [0.3, 0.4) is 0 Å². The molecule has 0 saturated carbocycles. The van der Waals surface area contributed by atoms with Crippen molar-refractivity contribution in [3.63, 3.8) is 0 Å². The Morgan fingerprint density at radius 2 is 1.91 bits per heavy atom. The lowest BCUT2D eigenvalue weighted by atomic mass is 10.1. The number of ether oxygens (including phenoxy) is 1. The van der Waals surface area contributed by atoms with E-state index < -0.39 is 11.7 Å². The molecule has 0 aromatic heterocycles. The van der Waals surface area contributed by atoms with E-state index in [4.69, 9.17) is 4.74 Å². The molecule has 128 valence electrons. The molecule has 0 bridgehead atoms. The van der Waals surface area contributed by atoms with Crippen LogP contribution in [-0.2, 0) is 4.74 Å². The van der Waals surface area contributed by atoms with Gasteiger partial charge in [-0.2, -0.15) is 0 Å². The fraction of sp³-hybridized carbons (Fsp3) is 0.529. The normalized spacial score (nSPS) is 12.3. The summed E-state index contributed by atoms with van der Waals surface area (Å²) in [6.45, 7) is 9.81. The van der Waals surface area contributed by atoms with Crippen molar-refractivity contribution >= 4 is 17.7 Å². The number of carbonyl (C=O) groups excluding carboxylic acids is 2. The van der Waals surface area contributed by atoms with Crippen molar-refractivity contribution in [1.29, 1.82) is 0 Å². The molecule has 1 aromatic carbocycles. The third-order valence-corrected chi connectivity index (χ3v) is 3.07. The highest BCUT2D eigenvalue weighted by molar-refractivity contribution is 5.94. The fourth-order valence-electron chi connectivity index (χ4n) is 1.98. The number of alkyl carbamates (subject to hydrolysis) is 1. The number of aryl methyl sites for hydroxylation is 1. The maximum Gasteiger partial charge on any atom is 0.407 e. The van der Waals surface area contributed by atoms with Crippen LogP contribution in [0.4, 0.5) is 10.5 Å². The third-order valence-electron chi connectivity index (χ3n) is 3.07. The monoisotopic (exact) mass is 321 g/mol. The van der Waals surface area contributed by atoms with Gasteiger partial charge in [0.25, 0.3) is 5.91 Å². The van der Waals surface area contributed by atoms with E-state index >= 15 is 0 Å². The number of benzene rings is 1. The average molecular weight is 321 g/mol. The second-order valence-corrected chi connectivity index (χ2v) is 6.54. The molecule has 3 N–H and O–H groups in total. The lowest BCUT2D eigenvalue weighted by molar-refractivity contribution is 0.0526. The fourth-order valence-corrected chi connectivity index (χ4v) is 1.98. The van der Waals surface area contributed by atoms with Crippen LogP contribution >= 0.6 is 0 Å². The van der Waals surface area contributed by atoms with E-state index in [1.165, 1.54) is 0 Å². The molecule has 0 heterocycles. The molecule has 0 aliphatic heterocycles. The molecule has 1 aromatic rings. The van der Waals surface area contributed by atoms with E-state index in [1.54, 1.807) is 13.1 Å². The Morgan fingerprint density at radius 3 is 2.43 bits per heavy atom. The van der Waals surface area contributed by atoms with Crippen LogP contribution in [0.5, 0.6) is 0 Å². The van der Waals surface area contributed by atoms with Gasteiger partial charge < -0.3 is 20.7 Å². The maximum atomic E-state index is 11.6. The number of hydrogen-bond donors (Lipinski definition) is 3. The van der Waals surface area contributed by atoms with E-state index in [0.29, 0.717) is 12.1 Å². The Hall–Kier alpha value is -2.24. The van der Waals surface area contributed by atoms with Crippen LogP contribution in [0.25, 0.3) is 0 Å². The summed E-state index contributed by atoms with van der Waals surface area (Å²) in [6.07, 6.45) is -0.433. The van der Waals surface area contributed by atoms with Crippen LogP contribution in [0.15, 0.2) is 18.2 Å². The Bertz CT molecular complexity index is 565. The Labute approximate surface area is 138 Å². The van der Waals surface area contributed by atoms with Gasteiger partial charge in [-0.15, -0.1) is 0 Å². The Balaban J connectivity index is 2.56. The molecule has 2 amide bonds. The highest BCUT2D eigenvalue weighted by Gasteiger charge is 2.16. The molecule has 0 radical (unpaired) electrons. The molecule has 1 unspecified atom stereocenters. The minimum absolute atomic E-state index is 0.0204. The van der Waals surface area contributed by atoms with Crippen LogP contribution in [0.2, 0.25) is 0 Å². The van der Waals surface area contributed by atoms with Crippen LogP contribution < -0.4 is 16.0 Å². The summed E-state index contributed by atoms with van der Waals surface area (Å²) in [6, 6.07) is 5.48. The number of rotatable bonds is 5. The molecule has 1 rings (SSSR count). The summed E-state index contributed by atoms with van der Waals surface area (Å²) >= 11 is 0. The highest BCUT2D eigenvalue weighted by atomic mass is 16.6. The first kappa shape index (κ1) is 18.8. The summed E-state index contributed by atoms with van der Waals surface area (Å²) in [5, 5.41) is 8.64. The number of anilines is 1. The molecule has 6 heteroatoms. The molecule has 6 nitrogen and oxygen atoms in total. The van der Waals surface area contributed by atoms with Crippen molar-refractivity contribution in [2.45, 2.75) is 46.3 Å². The van der Waals surface area contributed by atoms with Crippen LogP contribution in [-0.4, -0.2) is 37.2 Å². The number of nitrogens with one attached hydrogen (secondary N) is 3. The second kappa shape index (κ2) is 7.85. The van der Waals surface area contributed by atoms with Gasteiger partial charge >= 0.3 is 6.09 Å². The van der Waals surface area contributed by atoms with E-state index in [9.17, 15) is 9.59 Å². The largest absolute Gasteiger partial charge is 0.444 e. The molecule has 0 aliphatic carbocycles. The van der Waals surface area contributed by atoms with Gasteiger partial charge in [0.05, 0.1) is 0 Å². The van der Waals surface area contributed by atoms with E-state index in [2.05, 4.69) is 16.0 Å². The zero-order valence-electron chi connectivity index (χ0n) is 14.7. The second-order valence-electron chi connectivity index (χ2n) is 6.54. The quantitative estimate of drug-likeness (QED) is 0.779. The van der Waals surface area contributed by atoms with Gasteiger partial charge in [0.1, 0.15) is 5.60 Å². The van der Waals surface area contributed by atoms with Gasteiger partial charge in [0, 0.05) is 30.9 Å². The molecular formula is C17H27N3O3. The van der Waals surface area contributed by atoms with Gasteiger partial charge in [-0.3, -0.25) is 4.79 Å². The van der Waals surface area contributed by atoms with Crippen LogP contribution in [0, 0.1) is 6.92 Å². The summed E-state index contributed by atoms with van der Waals surface area (Å²) in [7, 11) is 1.61. The number of carbonyl (C=O) groups is 2. The van der Waals surface area contributed by atoms with E-state index in [-0.39, 0.29) is 11.9 Å². The maximum absolute atomic E-state index is 11.6. The van der Waals surface area contributed by atoms with Crippen molar-refractivity contribution in [1.82, 2.24) is 10.6 Å². The van der Waals surface area contributed by atoms with Gasteiger partial charge in [-0.1, -0.05) is 0 Å². The zero-order chi connectivity index (χ0) is 17.6. The summed E-state index contributed by atoms with van der Waals surface area (Å²) in [4.78, 5) is 23.2. The summed E-state index contributed by atoms with van der Waals surface area (Å²) in [5.74, 6) is -0.112. The smallest absolute Gasteiger partial charge is 0.407 e. The van der Waals surface area contributed by atoms with Gasteiger partial charge in [0.15, 0.2) is 0 Å². The topological polar surface area (TPSA) is 79.5 Å². The van der Waals surface area contributed by atoms with Crippen molar-refractivity contribution in [2.24, 2.45) is 0 Å². The van der Waals surface area contributed by atoms with Gasteiger partial charge in [-0.05, 0) is 58.4 Å². The predicted molar refractivity (Wildman–Crippen MR) is 91.9 cm³/mol. The van der Waals surface area contributed by atoms with E-state index in [0.717, 1.165) is 11.3 Å². The molecule has 0 fully saturated rings. The van der Waals surface area contributed by atoms with Crippen molar-refractivity contribution < 1.29 is 14.3 Å². The number of amides is 2. The molecule has 0 spiro atoms. The first-order valence-corrected chi connectivity index (χ1v) is 7.68. The van der Waals surface area contributed by atoms with Crippen LogP contribution in [0.1, 0.15) is 43.6 Å². The molecular weight excluding hydrogens is 294 g/mol. The van der Waals surface area contributed by atoms with Crippen molar-refractivity contribution in [2.75, 3.05) is 18.9 Å². The molecule has 1 atom stereocenters. The first-order chi connectivity index (χ1) is 10.6. The SMILES string of the molecule is CNC(=O)c1ccc(NC(C)CNC(=O)OC(C)(C)C)c(C)c1. The minimum Gasteiger partial charge on any atom is -0.444 e. The lowest BCUT2D eigenvalue weighted by Gasteiger charge is -2.22. The molecule has 0 saturated heterocycles. The third kappa shape index (κ3) is 6.59. The van der Waals surface area contributed by atoms with E-state index in [1.807, 2.05) is 46.8 Å². The van der Waals surface area contributed by atoms with Gasteiger partial charge in [0.2, 0.25) is 0 Å². The van der Waals surface area contributed by atoms with Gasteiger partial charge in [-0.25, -0.2) is 4.79 Å². The molecule has 0 aliphatic rings. The lowest BCUT2D eigenvalue weighted by Crippen LogP contribution is -2.38. The first-order valence-electron chi connectivity index (χ1n) is 7.68. The van der Waals surface area contributed by atoms with Crippen molar-refractivity contribution in [3.05, 3.63) is 29.3 Å². The van der Waals surface area contributed by atoms with Crippen molar-refractivity contribution in [3.8, 4) is 0 Å².